The number of aromatic amines is 1. The number of hydrogen-bond donors (Lipinski definition) is 2. The topological polar surface area (TPSA) is 95.4 Å². The van der Waals surface area contributed by atoms with Gasteiger partial charge in [-0.05, 0) is 43.4 Å². The Morgan fingerprint density at radius 3 is 2.91 bits per heavy atom. The van der Waals surface area contributed by atoms with E-state index < -0.39 is 15.8 Å². The van der Waals surface area contributed by atoms with Crippen LogP contribution in [0.1, 0.15) is 19.3 Å². The summed E-state index contributed by atoms with van der Waals surface area (Å²) in [4.78, 5) is 13.9. The van der Waals surface area contributed by atoms with Crippen molar-refractivity contribution in [3.8, 4) is 0 Å². The number of nitrogens with zero attached hydrogens (tertiary/aromatic N) is 1. The van der Waals surface area contributed by atoms with Crippen LogP contribution < -0.4 is 11.1 Å². The summed E-state index contributed by atoms with van der Waals surface area (Å²) in [5.41, 5.74) is 0.837. The molecule has 1 aromatic heterocycles. The average Bonchev–Trinajstić information content (AvgIpc) is 3.10. The molecule has 0 aliphatic carbocycles. The molecule has 4 rings (SSSR count). The molecule has 8 heteroatoms. The van der Waals surface area contributed by atoms with Crippen LogP contribution in [0.2, 0.25) is 0 Å². The van der Waals surface area contributed by atoms with Crippen molar-refractivity contribution in [1.82, 2.24) is 14.6 Å². The first-order chi connectivity index (χ1) is 11.0. The largest absolute Gasteiger partial charge is 0.417 e. The second-order valence-corrected chi connectivity index (χ2v) is 8.48. The van der Waals surface area contributed by atoms with Crippen LogP contribution >= 0.6 is 0 Å². The number of rotatable bonds is 2. The van der Waals surface area contributed by atoms with Crippen molar-refractivity contribution >= 4 is 21.1 Å². The van der Waals surface area contributed by atoms with E-state index in [-0.39, 0.29) is 15.9 Å². The molecule has 2 fully saturated rings. The molecule has 0 amide bonds. The van der Waals surface area contributed by atoms with Crippen molar-refractivity contribution in [2.75, 3.05) is 26.2 Å². The predicted molar refractivity (Wildman–Crippen MR) is 84.7 cm³/mol. The van der Waals surface area contributed by atoms with Gasteiger partial charge in [0.15, 0.2) is 5.58 Å². The van der Waals surface area contributed by atoms with Crippen molar-refractivity contribution in [2.45, 2.75) is 24.2 Å². The van der Waals surface area contributed by atoms with Crippen LogP contribution in [-0.2, 0) is 10.0 Å². The molecule has 7 nitrogen and oxygen atoms in total. The monoisotopic (exact) mass is 337 g/mol. The van der Waals surface area contributed by atoms with Crippen molar-refractivity contribution < 1.29 is 12.8 Å². The number of sulfonamides is 1. The van der Waals surface area contributed by atoms with Gasteiger partial charge in [-0.3, -0.25) is 4.98 Å². The lowest BCUT2D eigenvalue weighted by molar-refractivity contribution is 0.224. The lowest BCUT2D eigenvalue weighted by Crippen LogP contribution is -2.42. The van der Waals surface area contributed by atoms with Crippen LogP contribution in [0.3, 0.4) is 0 Å². The fourth-order valence-corrected chi connectivity index (χ4v) is 5.28. The Morgan fingerprint density at radius 1 is 1.26 bits per heavy atom. The normalized spacial score (nSPS) is 26.3. The summed E-state index contributed by atoms with van der Waals surface area (Å²) in [5, 5.41) is 3.38. The lowest BCUT2D eigenvalue weighted by Gasteiger charge is -2.33. The molecule has 1 atom stereocenters. The van der Waals surface area contributed by atoms with Gasteiger partial charge < -0.3 is 9.73 Å². The van der Waals surface area contributed by atoms with Crippen LogP contribution in [0.25, 0.3) is 11.1 Å². The van der Waals surface area contributed by atoms with Gasteiger partial charge in [0.25, 0.3) is 0 Å². The summed E-state index contributed by atoms with van der Waals surface area (Å²) < 4.78 is 32.3. The van der Waals surface area contributed by atoms with Gasteiger partial charge >= 0.3 is 5.76 Å². The first-order valence-electron chi connectivity index (χ1n) is 7.82. The SMILES string of the molecule is O=c1[nH]c2ccc(S(=O)(=O)N3CCC4(CCCNC4)C3)cc2o1. The highest BCUT2D eigenvalue weighted by Gasteiger charge is 2.43. The Balaban J connectivity index is 1.65. The quantitative estimate of drug-likeness (QED) is 0.848. The number of nitrogens with one attached hydrogen (secondary N) is 2. The van der Waals surface area contributed by atoms with E-state index in [1.54, 1.807) is 10.4 Å². The zero-order valence-electron chi connectivity index (χ0n) is 12.7. The van der Waals surface area contributed by atoms with Gasteiger partial charge in [0.2, 0.25) is 10.0 Å². The van der Waals surface area contributed by atoms with E-state index in [0.717, 1.165) is 32.4 Å². The summed E-state index contributed by atoms with van der Waals surface area (Å²) in [6.07, 6.45) is 3.05. The summed E-state index contributed by atoms with van der Waals surface area (Å²) in [5.74, 6) is -0.581. The average molecular weight is 337 g/mol. The van der Waals surface area contributed by atoms with Gasteiger partial charge in [0.05, 0.1) is 10.4 Å². The first kappa shape index (κ1) is 14.9. The highest BCUT2D eigenvalue weighted by Crippen LogP contribution is 2.38. The minimum atomic E-state index is -3.57. The van der Waals surface area contributed by atoms with Gasteiger partial charge in [-0.2, -0.15) is 4.31 Å². The molecule has 124 valence electrons. The Kier molecular flexibility index (Phi) is 3.36. The third-order valence-electron chi connectivity index (χ3n) is 4.99. The number of hydrogen-bond acceptors (Lipinski definition) is 5. The summed E-state index contributed by atoms with van der Waals surface area (Å²) in [7, 11) is -3.57. The van der Waals surface area contributed by atoms with Gasteiger partial charge in [0.1, 0.15) is 0 Å². The van der Waals surface area contributed by atoms with Gasteiger partial charge in [0, 0.05) is 25.7 Å². The molecule has 2 aliphatic heterocycles. The zero-order chi connectivity index (χ0) is 16.1. The van der Waals surface area contributed by atoms with Crippen LogP contribution in [0, 0.1) is 5.41 Å². The number of aromatic nitrogens is 1. The second-order valence-electron chi connectivity index (χ2n) is 6.54. The molecule has 2 aromatic rings. The maximum absolute atomic E-state index is 12.9. The minimum absolute atomic E-state index is 0.0655. The van der Waals surface area contributed by atoms with E-state index in [1.807, 2.05) is 0 Å². The molecular formula is C15H19N3O4S. The minimum Gasteiger partial charge on any atom is -0.408 e. The summed E-state index contributed by atoms with van der Waals surface area (Å²) in [6.45, 7) is 2.99. The third kappa shape index (κ3) is 2.50. The highest BCUT2D eigenvalue weighted by molar-refractivity contribution is 7.89. The Labute approximate surface area is 133 Å². The van der Waals surface area contributed by atoms with Crippen molar-refractivity contribution in [3.05, 3.63) is 28.7 Å². The van der Waals surface area contributed by atoms with E-state index in [4.69, 9.17) is 4.42 Å². The third-order valence-corrected chi connectivity index (χ3v) is 6.84. The summed E-state index contributed by atoms with van der Waals surface area (Å²) >= 11 is 0. The molecule has 1 unspecified atom stereocenters. The van der Waals surface area contributed by atoms with E-state index >= 15 is 0 Å². The molecule has 0 bridgehead atoms. The molecule has 3 heterocycles. The Hall–Kier alpha value is -1.64. The molecule has 23 heavy (non-hydrogen) atoms. The van der Waals surface area contributed by atoms with E-state index in [0.29, 0.717) is 18.6 Å². The van der Waals surface area contributed by atoms with Gasteiger partial charge in [-0.15, -0.1) is 0 Å². The predicted octanol–water partition coefficient (Wildman–Crippen LogP) is 0.885. The van der Waals surface area contributed by atoms with E-state index in [2.05, 4.69) is 10.3 Å². The van der Waals surface area contributed by atoms with E-state index in [9.17, 15) is 13.2 Å². The molecule has 2 saturated heterocycles. The fourth-order valence-electron chi connectivity index (χ4n) is 3.71. The van der Waals surface area contributed by atoms with Crippen molar-refractivity contribution in [2.24, 2.45) is 5.41 Å². The number of H-pyrrole nitrogens is 1. The first-order valence-corrected chi connectivity index (χ1v) is 9.26. The Morgan fingerprint density at radius 2 is 2.13 bits per heavy atom. The van der Waals surface area contributed by atoms with Crippen molar-refractivity contribution in [1.29, 1.82) is 0 Å². The molecular weight excluding hydrogens is 318 g/mol. The summed E-state index contributed by atoms with van der Waals surface area (Å²) in [6, 6.07) is 4.51. The zero-order valence-corrected chi connectivity index (χ0v) is 13.5. The fraction of sp³-hybridized carbons (Fsp3) is 0.533. The van der Waals surface area contributed by atoms with E-state index in [1.165, 1.54) is 12.1 Å². The standard InChI is InChI=1S/C15H19N3O4S/c19-14-17-12-3-2-11(8-13(12)22-14)23(20,21)18-7-5-15(10-18)4-1-6-16-9-15/h2-3,8,16H,1,4-7,9-10H2,(H,17,19). The van der Waals surface area contributed by atoms with Crippen LogP contribution in [-0.4, -0.2) is 43.9 Å². The van der Waals surface area contributed by atoms with Crippen LogP contribution in [0.15, 0.2) is 32.3 Å². The maximum Gasteiger partial charge on any atom is 0.417 e. The number of oxazole rings is 1. The van der Waals surface area contributed by atoms with Crippen LogP contribution in [0.4, 0.5) is 0 Å². The molecule has 1 aromatic carbocycles. The Bertz CT molecular complexity index is 893. The molecule has 2 aliphatic rings. The van der Waals surface area contributed by atoms with Gasteiger partial charge in [-0.1, -0.05) is 0 Å². The van der Waals surface area contributed by atoms with Gasteiger partial charge in [-0.25, -0.2) is 13.2 Å². The number of benzene rings is 1. The smallest absolute Gasteiger partial charge is 0.408 e. The molecule has 2 N–H and O–H groups in total. The number of fused-ring (bicyclic) bond motifs is 1. The van der Waals surface area contributed by atoms with Crippen LogP contribution in [0.5, 0.6) is 0 Å². The lowest BCUT2D eigenvalue weighted by atomic mass is 9.80. The maximum atomic E-state index is 12.9. The molecule has 0 radical (unpaired) electrons. The second kappa shape index (κ2) is 5.19. The van der Waals surface area contributed by atoms with Crippen molar-refractivity contribution in [3.63, 3.8) is 0 Å². The molecule has 1 spiro atoms. The highest BCUT2D eigenvalue weighted by atomic mass is 32.2. The number of piperidine rings is 1. The molecule has 0 saturated carbocycles.